The van der Waals surface area contributed by atoms with Crippen molar-refractivity contribution in [3.05, 3.63) is 17.7 Å². The molecule has 0 bridgehead atoms. The van der Waals surface area contributed by atoms with Gasteiger partial charge < -0.3 is 13.7 Å². The Kier molecular flexibility index (Phi) is 5.48. The maximum Gasteiger partial charge on any atom is 0.220 e. The second kappa shape index (κ2) is 6.64. The molecule has 0 aliphatic rings. The lowest BCUT2D eigenvalue weighted by atomic mass is 10.0. The van der Waals surface area contributed by atoms with Crippen molar-refractivity contribution in [2.24, 2.45) is 5.92 Å². The molecule has 0 amide bonds. The first-order chi connectivity index (χ1) is 8.12. The summed E-state index contributed by atoms with van der Waals surface area (Å²) < 4.78 is 16.2. The number of rotatable bonds is 6. The molecule has 17 heavy (non-hydrogen) atoms. The average molecular weight is 256 g/mol. The topological polar surface area (TPSA) is 27.7 Å². The molecule has 0 fully saturated rings. The Morgan fingerprint density at radius 3 is 2.00 bits per heavy atom. The summed E-state index contributed by atoms with van der Waals surface area (Å²) in [6, 6.07) is 4.02. The zero-order chi connectivity index (χ0) is 12.8. The molecule has 96 valence electrons. The van der Waals surface area contributed by atoms with E-state index in [1.165, 1.54) is 17.6 Å². The van der Waals surface area contributed by atoms with Gasteiger partial charge in [0, 0.05) is 6.26 Å². The standard InChI is InChI=1S/C13H20O3S/c1-9(2)6-10-7-11(14-3)13(16-17-5)12(8-10)15-4/h7-9H,6H2,1-5H3. The van der Waals surface area contributed by atoms with E-state index >= 15 is 0 Å². The van der Waals surface area contributed by atoms with E-state index in [1.54, 1.807) is 14.2 Å². The molecule has 0 N–H and O–H groups in total. The van der Waals surface area contributed by atoms with Crippen LogP contribution in [0.1, 0.15) is 19.4 Å². The molecule has 0 saturated heterocycles. The highest BCUT2D eigenvalue weighted by Gasteiger charge is 2.14. The first kappa shape index (κ1) is 14.0. The second-order valence-corrected chi connectivity index (χ2v) is 4.68. The van der Waals surface area contributed by atoms with Crippen LogP contribution in [0.25, 0.3) is 0 Å². The Labute approximate surface area is 108 Å². The van der Waals surface area contributed by atoms with Crippen molar-refractivity contribution >= 4 is 12.0 Å². The van der Waals surface area contributed by atoms with Crippen LogP contribution in [-0.2, 0) is 6.42 Å². The zero-order valence-corrected chi connectivity index (χ0v) is 11.9. The van der Waals surface area contributed by atoms with Crippen molar-refractivity contribution in [2.45, 2.75) is 20.3 Å². The molecule has 0 unspecified atom stereocenters. The van der Waals surface area contributed by atoms with Crippen LogP contribution in [-0.4, -0.2) is 20.5 Å². The van der Waals surface area contributed by atoms with Gasteiger partial charge in [-0.15, -0.1) is 0 Å². The van der Waals surface area contributed by atoms with Crippen LogP contribution < -0.4 is 13.7 Å². The molecule has 1 aromatic rings. The quantitative estimate of drug-likeness (QED) is 0.727. The van der Waals surface area contributed by atoms with Crippen molar-refractivity contribution in [3.8, 4) is 17.2 Å². The van der Waals surface area contributed by atoms with Gasteiger partial charge in [-0.3, -0.25) is 0 Å². The van der Waals surface area contributed by atoms with Crippen molar-refractivity contribution < 1.29 is 13.7 Å². The van der Waals surface area contributed by atoms with Crippen LogP contribution >= 0.6 is 12.0 Å². The Balaban J connectivity index is 3.13. The fourth-order valence-corrected chi connectivity index (χ4v) is 2.02. The van der Waals surface area contributed by atoms with Crippen molar-refractivity contribution in [2.75, 3.05) is 20.5 Å². The van der Waals surface area contributed by atoms with Crippen LogP contribution in [0.4, 0.5) is 0 Å². The van der Waals surface area contributed by atoms with E-state index in [9.17, 15) is 0 Å². The zero-order valence-electron chi connectivity index (χ0n) is 11.1. The van der Waals surface area contributed by atoms with Gasteiger partial charge in [-0.25, -0.2) is 0 Å². The molecule has 0 heterocycles. The Hall–Kier alpha value is -1.03. The van der Waals surface area contributed by atoms with E-state index in [0.29, 0.717) is 23.2 Å². The molecule has 1 rings (SSSR count). The highest BCUT2D eigenvalue weighted by molar-refractivity contribution is 7.94. The highest BCUT2D eigenvalue weighted by Crippen LogP contribution is 2.40. The lowest BCUT2D eigenvalue weighted by molar-refractivity contribution is 0.369. The molecule has 0 radical (unpaired) electrons. The summed E-state index contributed by atoms with van der Waals surface area (Å²) in [4.78, 5) is 0. The largest absolute Gasteiger partial charge is 0.493 e. The van der Waals surface area contributed by atoms with Gasteiger partial charge in [-0.05, 0) is 30.0 Å². The highest BCUT2D eigenvalue weighted by atomic mass is 32.2. The number of ether oxygens (including phenoxy) is 2. The van der Waals surface area contributed by atoms with E-state index in [4.69, 9.17) is 13.7 Å². The van der Waals surface area contributed by atoms with Gasteiger partial charge in [0.1, 0.15) is 0 Å². The first-order valence-corrected chi connectivity index (χ1v) is 6.72. The van der Waals surface area contributed by atoms with Gasteiger partial charge >= 0.3 is 0 Å². The van der Waals surface area contributed by atoms with Crippen LogP contribution in [0.5, 0.6) is 17.2 Å². The number of methoxy groups -OCH3 is 2. The van der Waals surface area contributed by atoms with Gasteiger partial charge in [0.15, 0.2) is 11.5 Å². The lowest BCUT2D eigenvalue weighted by Crippen LogP contribution is -1.99. The second-order valence-electron chi connectivity index (χ2n) is 4.18. The minimum Gasteiger partial charge on any atom is -0.493 e. The number of hydrogen-bond acceptors (Lipinski definition) is 4. The molecule has 3 nitrogen and oxygen atoms in total. The van der Waals surface area contributed by atoms with Crippen molar-refractivity contribution in [1.29, 1.82) is 0 Å². The van der Waals surface area contributed by atoms with Crippen molar-refractivity contribution in [1.82, 2.24) is 0 Å². The van der Waals surface area contributed by atoms with Crippen LogP contribution in [0.3, 0.4) is 0 Å². The van der Waals surface area contributed by atoms with E-state index in [2.05, 4.69) is 13.8 Å². The summed E-state index contributed by atoms with van der Waals surface area (Å²) in [5.74, 6) is 2.68. The third-order valence-corrected chi connectivity index (χ3v) is 2.66. The third-order valence-electron chi connectivity index (χ3n) is 2.33. The molecule has 4 heteroatoms. The van der Waals surface area contributed by atoms with Gasteiger partial charge in [0.05, 0.1) is 26.3 Å². The lowest BCUT2D eigenvalue weighted by Gasteiger charge is -2.15. The molecule has 0 saturated carbocycles. The fraction of sp³-hybridized carbons (Fsp3) is 0.538. The summed E-state index contributed by atoms with van der Waals surface area (Å²) in [6.07, 6.45) is 2.85. The van der Waals surface area contributed by atoms with Gasteiger partial charge in [0.25, 0.3) is 0 Å². The summed E-state index contributed by atoms with van der Waals surface area (Å²) in [6.45, 7) is 4.37. The minimum absolute atomic E-state index is 0.594. The van der Waals surface area contributed by atoms with Gasteiger partial charge in [0.2, 0.25) is 5.75 Å². The van der Waals surface area contributed by atoms with Gasteiger partial charge in [-0.2, -0.15) is 0 Å². The maximum absolute atomic E-state index is 5.48. The number of benzene rings is 1. The molecular formula is C13H20O3S. The summed E-state index contributed by atoms with van der Waals surface area (Å²) >= 11 is 1.27. The summed E-state index contributed by atoms with van der Waals surface area (Å²) in [5, 5.41) is 0. The predicted molar refractivity (Wildman–Crippen MR) is 72.2 cm³/mol. The normalized spacial score (nSPS) is 10.5. The average Bonchev–Trinajstić information content (AvgIpc) is 2.30. The van der Waals surface area contributed by atoms with Crippen LogP contribution in [0.15, 0.2) is 12.1 Å². The Bertz CT molecular complexity index is 339. The van der Waals surface area contributed by atoms with E-state index < -0.39 is 0 Å². The summed E-state index contributed by atoms with van der Waals surface area (Å²) in [7, 11) is 3.28. The predicted octanol–water partition coefficient (Wildman–Crippen LogP) is 3.56. The van der Waals surface area contributed by atoms with Gasteiger partial charge in [-0.1, -0.05) is 13.8 Å². The molecule has 0 aliphatic carbocycles. The fourth-order valence-electron chi connectivity index (χ4n) is 1.69. The monoisotopic (exact) mass is 256 g/mol. The molecular weight excluding hydrogens is 236 g/mol. The molecule has 0 aromatic heterocycles. The van der Waals surface area contributed by atoms with E-state index in [1.807, 2.05) is 18.4 Å². The Morgan fingerprint density at radius 2 is 1.65 bits per heavy atom. The number of hydrogen-bond donors (Lipinski definition) is 0. The summed E-state index contributed by atoms with van der Waals surface area (Å²) in [5.41, 5.74) is 1.20. The molecule has 0 spiro atoms. The Morgan fingerprint density at radius 1 is 1.12 bits per heavy atom. The van der Waals surface area contributed by atoms with Crippen LogP contribution in [0.2, 0.25) is 0 Å². The molecule has 0 atom stereocenters. The third kappa shape index (κ3) is 3.73. The van der Waals surface area contributed by atoms with E-state index in [-0.39, 0.29) is 0 Å². The molecule has 1 aromatic carbocycles. The van der Waals surface area contributed by atoms with Crippen LogP contribution in [0, 0.1) is 5.92 Å². The minimum atomic E-state index is 0.594. The maximum atomic E-state index is 5.48. The van der Waals surface area contributed by atoms with E-state index in [0.717, 1.165) is 6.42 Å². The first-order valence-electron chi connectivity index (χ1n) is 5.57. The molecule has 0 aliphatic heterocycles. The van der Waals surface area contributed by atoms with Crippen molar-refractivity contribution in [3.63, 3.8) is 0 Å². The SMILES string of the molecule is COc1cc(CC(C)C)cc(OC)c1OSC. The smallest absolute Gasteiger partial charge is 0.220 e.